The number of amides is 1. The largest absolute Gasteiger partial charge is 0.457 e. The van der Waals surface area contributed by atoms with Crippen LogP contribution in [0, 0.1) is 10.1 Å². The van der Waals surface area contributed by atoms with E-state index in [2.05, 4.69) is 10.3 Å². The number of anilines is 1. The number of benzene rings is 3. The van der Waals surface area contributed by atoms with Gasteiger partial charge in [-0.1, -0.05) is 18.2 Å². The third-order valence-electron chi connectivity index (χ3n) is 4.45. The molecule has 1 aromatic heterocycles. The smallest absolute Gasteiger partial charge is 0.271 e. The van der Waals surface area contributed by atoms with Crippen molar-refractivity contribution >= 4 is 28.2 Å². The Labute approximate surface area is 175 Å². The molecular weight excluding hydrogens is 400 g/mol. The van der Waals surface area contributed by atoms with Crippen LogP contribution in [-0.4, -0.2) is 20.4 Å². The van der Waals surface area contributed by atoms with Crippen LogP contribution in [0.15, 0.2) is 83.9 Å². The average Bonchev–Trinajstić information content (AvgIpc) is 2.77. The van der Waals surface area contributed by atoms with E-state index in [1.54, 1.807) is 24.3 Å². The molecule has 0 aliphatic carbocycles. The predicted octanol–water partition coefficient (Wildman–Crippen LogP) is 3.74. The molecule has 31 heavy (non-hydrogen) atoms. The van der Waals surface area contributed by atoms with Crippen LogP contribution >= 0.6 is 0 Å². The first-order valence-corrected chi connectivity index (χ1v) is 9.26. The highest BCUT2D eigenvalue weighted by atomic mass is 16.6. The summed E-state index contributed by atoms with van der Waals surface area (Å²) in [4.78, 5) is 39.3. The molecule has 1 amide bonds. The van der Waals surface area contributed by atoms with E-state index in [1.807, 2.05) is 30.3 Å². The zero-order chi connectivity index (χ0) is 21.8. The second-order valence-electron chi connectivity index (χ2n) is 6.62. The van der Waals surface area contributed by atoms with E-state index >= 15 is 0 Å². The molecule has 9 heteroatoms. The molecule has 0 radical (unpaired) electrons. The fourth-order valence-corrected chi connectivity index (χ4v) is 2.96. The highest BCUT2D eigenvalue weighted by molar-refractivity contribution is 5.90. The number of para-hydroxylation sites is 1. The Bertz CT molecular complexity index is 1320. The van der Waals surface area contributed by atoms with Crippen molar-refractivity contribution in [2.24, 2.45) is 0 Å². The van der Waals surface area contributed by atoms with E-state index in [1.165, 1.54) is 24.5 Å². The van der Waals surface area contributed by atoms with Gasteiger partial charge in [0.1, 0.15) is 18.0 Å². The third kappa shape index (κ3) is 4.56. The van der Waals surface area contributed by atoms with Crippen LogP contribution in [0.2, 0.25) is 0 Å². The van der Waals surface area contributed by atoms with E-state index in [-0.39, 0.29) is 23.1 Å². The van der Waals surface area contributed by atoms with Crippen LogP contribution in [0.5, 0.6) is 11.5 Å². The zero-order valence-corrected chi connectivity index (χ0v) is 16.1. The van der Waals surface area contributed by atoms with Crippen molar-refractivity contribution < 1.29 is 14.5 Å². The minimum absolute atomic E-state index is 0.158. The van der Waals surface area contributed by atoms with Gasteiger partial charge in [0.25, 0.3) is 11.2 Å². The number of nitro benzene ring substituents is 1. The number of rotatable bonds is 6. The van der Waals surface area contributed by atoms with Crippen LogP contribution in [0.1, 0.15) is 0 Å². The van der Waals surface area contributed by atoms with Crippen LogP contribution in [0.4, 0.5) is 11.4 Å². The summed E-state index contributed by atoms with van der Waals surface area (Å²) in [5.41, 5.74) is 0.129. The molecule has 0 fully saturated rings. The zero-order valence-electron chi connectivity index (χ0n) is 16.1. The fourth-order valence-electron chi connectivity index (χ4n) is 2.96. The number of nitrogens with one attached hydrogen (secondary N) is 1. The predicted molar refractivity (Wildman–Crippen MR) is 114 cm³/mol. The molecule has 1 N–H and O–H groups in total. The van der Waals surface area contributed by atoms with Crippen LogP contribution in [-0.2, 0) is 11.3 Å². The maximum absolute atomic E-state index is 12.6. The number of hydrogen-bond acceptors (Lipinski definition) is 6. The first kappa shape index (κ1) is 19.8. The van der Waals surface area contributed by atoms with Crippen molar-refractivity contribution in [1.82, 2.24) is 9.55 Å². The second kappa shape index (κ2) is 8.46. The summed E-state index contributed by atoms with van der Waals surface area (Å²) in [7, 11) is 0. The molecule has 154 valence electrons. The molecule has 0 saturated heterocycles. The molecule has 3 aromatic carbocycles. The molecule has 0 atom stereocenters. The summed E-state index contributed by atoms with van der Waals surface area (Å²) in [5, 5.41) is 13.8. The number of hydrogen-bond donors (Lipinski definition) is 1. The molecule has 0 aliphatic rings. The molecule has 0 aliphatic heterocycles. The molecule has 0 bridgehead atoms. The Morgan fingerprint density at radius 2 is 1.74 bits per heavy atom. The molecule has 0 spiro atoms. The van der Waals surface area contributed by atoms with Gasteiger partial charge in [-0.2, -0.15) is 0 Å². The summed E-state index contributed by atoms with van der Waals surface area (Å²) in [6, 6.07) is 19.9. The normalized spacial score (nSPS) is 10.6. The van der Waals surface area contributed by atoms with Gasteiger partial charge >= 0.3 is 0 Å². The van der Waals surface area contributed by atoms with Crippen molar-refractivity contribution in [3.63, 3.8) is 0 Å². The SMILES string of the molecule is O=C(Cn1cnc2cc([N+](=O)[O-])ccc2c1=O)Nc1ccc(Oc2ccccc2)cc1. The van der Waals surface area contributed by atoms with Gasteiger partial charge in [0.05, 0.1) is 22.2 Å². The highest BCUT2D eigenvalue weighted by Crippen LogP contribution is 2.22. The summed E-state index contributed by atoms with van der Waals surface area (Å²) in [6.07, 6.45) is 1.20. The van der Waals surface area contributed by atoms with Crippen molar-refractivity contribution in [2.45, 2.75) is 6.54 Å². The monoisotopic (exact) mass is 416 g/mol. The summed E-state index contributed by atoms with van der Waals surface area (Å²) >= 11 is 0. The van der Waals surface area contributed by atoms with Gasteiger partial charge in [-0.3, -0.25) is 24.3 Å². The van der Waals surface area contributed by atoms with E-state index in [4.69, 9.17) is 4.74 Å². The highest BCUT2D eigenvalue weighted by Gasteiger charge is 2.12. The van der Waals surface area contributed by atoms with Crippen molar-refractivity contribution in [2.75, 3.05) is 5.32 Å². The summed E-state index contributed by atoms with van der Waals surface area (Å²) in [5.74, 6) is 0.905. The quantitative estimate of drug-likeness (QED) is 0.378. The lowest BCUT2D eigenvalue weighted by atomic mass is 10.2. The Hall–Kier alpha value is -4.53. The fraction of sp³-hybridized carbons (Fsp3) is 0.0455. The lowest BCUT2D eigenvalue weighted by molar-refractivity contribution is -0.384. The second-order valence-corrected chi connectivity index (χ2v) is 6.62. The van der Waals surface area contributed by atoms with Gasteiger partial charge in [-0.25, -0.2) is 4.98 Å². The number of ether oxygens (including phenoxy) is 1. The molecule has 4 aromatic rings. The third-order valence-corrected chi connectivity index (χ3v) is 4.45. The number of carbonyl (C=O) groups is 1. The number of fused-ring (bicyclic) bond motifs is 1. The topological polar surface area (TPSA) is 116 Å². The minimum atomic E-state index is -0.559. The lowest BCUT2D eigenvalue weighted by Crippen LogP contribution is -2.27. The molecule has 0 saturated carbocycles. The van der Waals surface area contributed by atoms with Gasteiger partial charge in [0, 0.05) is 17.8 Å². The first-order valence-electron chi connectivity index (χ1n) is 9.26. The number of carbonyl (C=O) groups excluding carboxylic acids is 1. The number of non-ortho nitro benzene ring substituents is 1. The van der Waals surface area contributed by atoms with E-state index < -0.39 is 16.4 Å². The van der Waals surface area contributed by atoms with Gasteiger partial charge in [-0.15, -0.1) is 0 Å². The molecule has 1 heterocycles. The van der Waals surface area contributed by atoms with Gasteiger partial charge in [0.2, 0.25) is 5.91 Å². The van der Waals surface area contributed by atoms with Crippen LogP contribution in [0.25, 0.3) is 10.9 Å². The van der Waals surface area contributed by atoms with Crippen molar-refractivity contribution in [1.29, 1.82) is 0 Å². The van der Waals surface area contributed by atoms with Crippen LogP contribution in [0.3, 0.4) is 0 Å². The van der Waals surface area contributed by atoms with Crippen molar-refractivity contribution in [3.8, 4) is 11.5 Å². The molecule has 4 rings (SSSR count). The molecule has 0 unspecified atom stereocenters. The van der Waals surface area contributed by atoms with E-state index in [9.17, 15) is 19.7 Å². The Morgan fingerprint density at radius 3 is 2.45 bits per heavy atom. The van der Waals surface area contributed by atoms with Gasteiger partial charge in [-0.05, 0) is 42.5 Å². The maximum Gasteiger partial charge on any atom is 0.271 e. The lowest BCUT2D eigenvalue weighted by Gasteiger charge is -2.09. The first-order chi connectivity index (χ1) is 15.0. The number of nitro groups is 1. The number of nitrogens with zero attached hydrogens (tertiary/aromatic N) is 3. The van der Waals surface area contributed by atoms with Gasteiger partial charge < -0.3 is 10.1 Å². The molecule has 9 nitrogen and oxygen atoms in total. The summed E-state index contributed by atoms with van der Waals surface area (Å²) in [6.45, 7) is -0.249. The van der Waals surface area contributed by atoms with E-state index in [0.29, 0.717) is 17.2 Å². The van der Waals surface area contributed by atoms with Crippen molar-refractivity contribution in [3.05, 3.63) is 99.6 Å². The Balaban J connectivity index is 1.44. The summed E-state index contributed by atoms with van der Waals surface area (Å²) < 4.78 is 6.85. The Kier molecular flexibility index (Phi) is 5.39. The van der Waals surface area contributed by atoms with Gasteiger partial charge in [0.15, 0.2) is 0 Å². The minimum Gasteiger partial charge on any atom is -0.457 e. The van der Waals surface area contributed by atoms with E-state index in [0.717, 1.165) is 4.57 Å². The van der Waals surface area contributed by atoms with Crippen LogP contribution < -0.4 is 15.6 Å². The Morgan fingerprint density at radius 1 is 1.03 bits per heavy atom. The maximum atomic E-state index is 12.6. The average molecular weight is 416 g/mol. The number of aromatic nitrogens is 2. The standard InChI is InChI=1S/C22H16N4O5/c27-21(24-15-6-9-18(10-7-15)31-17-4-2-1-3-5-17)13-25-14-23-20-12-16(26(29)30)8-11-19(20)22(25)28/h1-12,14H,13H2,(H,24,27). The molecular formula is C22H16N4O5.